The fourth-order valence-electron chi connectivity index (χ4n) is 4.98. The lowest BCUT2D eigenvalue weighted by Gasteiger charge is -2.37. The van der Waals surface area contributed by atoms with Gasteiger partial charge in [-0.05, 0) is 32.2 Å². The van der Waals surface area contributed by atoms with Crippen LogP contribution in [0.2, 0.25) is 0 Å². The number of hydrogen-bond donors (Lipinski definition) is 2. The van der Waals surface area contributed by atoms with E-state index in [2.05, 4.69) is 15.6 Å². The molecule has 0 saturated carbocycles. The largest absolute Gasteiger partial charge is 0.417 e. The first kappa shape index (κ1) is 25.0. The monoisotopic (exact) mass is 525 g/mol. The summed E-state index contributed by atoms with van der Waals surface area (Å²) in [7, 11) is 1.70. The number of halogens is 5. The van der Waals surface area contributed by atoms with Crippen LogP contribution in [0.5, 0.6) is 0 Å². The molecule has 12 heteroatoms. The molecule has 2 atom stereocenters. The van der Waals surface area contributed by atoms with Gasteiger partial charge in [0, 0.05) is 71.5 Å². The number of piperazine rings is 1. The fraction of sp³-hybridized carbons (Fsp3) is 0.417. The Morgan fingerprint density at radius 1 is 1.25 bits per heavy atom. The van der Waals surface area contributed by atoms with E-state index < -0.39 is 34.6 Å². The average molecular weight is 526 g/mol. The average Bonchev–Trinajstić information content (AvgIpc) is 2.81. The zero-order valence-electron chi connectivity index (χ0n) is 19.5. The minimum atomic E-state index is -4.84. The molecule has 192 valence electrons. The Bertz CT molecular complexity index is 1390. The minimum Gasteiger partial charge on any atom is -0.351 e. The molecule has 2 aliphatic rings. The van der Waals surface area contributed by atoms with Crippen LogP contribution in [0.3, 0.4) is 0 Å². The van der Waals surface area contributed by atoms with Crippen molar-refractivity contribution < 1.29 is 22.0 Å². The van der Waals surface area contributed by atoms with Crippen molar-refractivity contribution in [2.75, 3.05) is 38.1 Å². The molecule has 0 bridgehead atoms. The molecule has 0 unspecified atom stereocenters. The van der Waals surface area contributed by atoms with Crippen LogP contribution >= 0.6 is 11.8 Å². The lowest BCUT2D eigenvalue weighted by molar-refractivity contribution is -0.137. The van der Waals surface area contributed by atoms with Gasteiger partial charge in [0.2, 0.25) is 0 Å². The second-order valence-corrected chi connectivity index (χ2v) is 10.3. The number of thioether (sulfide) groups is 1. The normalized spacial score (nSPS) is 20.2. The molecule has 1 fully saturated rings. The van der Waals surface area contributed by atoms with E-state index in [-0.39, 0.29) is 39.5 Å². The molecular weight excluding hydrogens is 501 g/mol. The smallest absolute Gasteiger partial charge is 0.351 e. The summed E-state index contributed by atoms with van der Waals surface area (Å²) in [6.45, 7) is 4.18. The zero-order chi connectivity index (χ0) is 25.8. The third-order valence-electron chi connectivity index (χ3n) is 6.58. The summed E-state index contributed by atoms with van der Waals surface area (Å²) in [6.07, 6.45) is -4.84. The standard InChI is InChI=1S/C24H24F5N5OS/c1-12-9-31-5-6-33(12)22-16-8-17(24(27,28)29)19(15-4-3-13(25)7-18(15)26)21-20(16)34(23(35)32-22)11-14(36-21)10-30-2/h3-4,7-8,12,14,30-31H,5-6,9-11H2,1-2H3/t12-,14+/m0/s1. The molecule has 6 nitrogen and oxygen atoms in total. The summed E-state index contributed by atoms with van der Waals surface area (Å²) in [4.78, 5) is 19.5. The highest BCUT2D eigenvalue weighted by Crippen LogP contribution is 2.50. The van der Waals surface area contributed by atoms with Gasteiger partial charge in [-0.3, -0.25) is 4.57 Å². The molecule has 1 aromatic heterocycles. The summed E-state index contributed by atoms with van der Waals surface area (Å²) < 4.78 is 73.7. The number of rotatable bonds is 4. The SMILES string of the molecule is CNC[C@@H]1Cn2c(=O)nc(N3CCNC[C@@H]3C)c3cc(C(F)(F)F)c(-c4ccc(F)cc4F)c(c32)S1. The van der Waals surface area contributed by atoms with Crippen LogP contribution in [-0.2, 0) is 12.7 Å². The Balaban J connectivity index is 1.91. The predicted octanol–water partition coefficient (Wildman–Crippen LogP) is 3.85. The summed E-state index contributed by atoms with van der Waals surface area (Å²) in [5, 5.41) is 6.10. The first-order chi connectivity index (χ1) is 17.1. The Morgan fingerprint density at radius 3 is 2.69 bits per heavy atom. The van der Waals surface area contributed by atoms with Gasteiger partial charge in [-0.25, -0.2) is 13.6 Å². The lowest BCUT2D eigenvalue weighted by atomic mass is 9.95. The first-order valence-electron chi connectivity index (χ1n) is 11.5. The first-order valence-corrected chi connectivity index (χ1v) is 12.4. The second-order valence-electron chi connectivity index (χ2n) is 9.02. The number of alkyl halides is 3. The van der Waals surface area contributed by atoms with Crippen LogP contribution in [0.1, 0.15) is 12.5 Å². The van der Waals surface area contributed by atoms with Crippen LogP contribution in [0.15, 0.2) is 34.0 Å². The molecule has 2 N–H and O–H groups in total. The summed E-state index contributed by atoms with van der Waals surface area (Å²) in [5.74, 6) is -1.81. The quantitative estimate of drug-likeness (QED) is 0.505. The van der Waals surface area contributed by atoms with E-state index >= 15 is 0 Å². The van der Waals surface area contributed by atoms with Crippen molar-refractivity contribution >= 4 is 28.5 Å². The van der Waals surface area contributed by atoms with Gasteiger partial charge in [0.25, 0.3) is 0 Å². The van der Waals surface area contributed by atoms with E-state index in [1.165, 1.54) is 4.57 Å². The molecule has 2 aromatic carbocycles. The number of aromatic nitrogens is 2. The maximum absolute atomic E-state index is 15.0. The molecule has 2 aliphatic heterocycles. The highest BCUT2D eigenvalue weighted by Gasteiger charge is 2.40. The van der Waals surface area contributed by atoms with Crippen molar-refractivity contribution in [3.05, 3.63) is 51.9 Å². The van der Waals surface area contributed by atoms with E-state index in [1.807, 2.05) is 11.8 Å². The number of nitrogens with zero attached hydrogens (tertiary/aromatic N) is 3. The Kier molecular flexibility index (Phi) is 6.46. The van der Waals surface area contributed by atoms with Crippen molar-refractivity contribution in [1.29, 1.82) is 0 Å². The predicted molar refractivity (Wildman–Crippen MR) is 130 cm³/mol. The van der Waals surface area contributed by atoms with Gasteiger partial charge >= 0.3 is 11.9 Å². The molecular formula is C24H24F5N5OS. The van der Waals surface area contributed by atoms with Crippen LogP contribution in [0, 0.1) is 11.6 Å². The molecule has 0 aliphatic carbocycles. The highest BCUT2D eigenvalue weighted by molar-refractivity contribution is 8.00. The number of benzene rings is 2. The Morgan fingerprint density at radius 2 is 2.03 bits per heavy atom. The number of nitrogens with one attached hydrogen (secondary N) is 2. The third kappa shape index (κ3) is 4.24. The van der Waals surface area contributed by atoms with Crippen LogP contribution in [-0.4, -0.2) is 54.1 Å². The van der Waals surface area contributed by atoms with Crippen LogP contribution in [0.25, 0.3) is 22.0 Å². The third-order valence-corrected chi connectivity index (χ3v) is 7.86. The van der Waals surface area contributed by atoms with Gasteiger partial charge < -0.3 is 15.5 Å². The number of hydrogen-bond acceptors (Lipinski definition) is 6. The lowest BCUT2D eigenvalue weighted by Crippen LogP contribution is -2.51. The Labute approximate surface area is 207 Å². The van der Waals surface area contributed by atoms with E-state index in [1.54, 1.807) is 7.05 Å². The molecule has 0 amide bonds. The molecule has 36 heavy (non-hydrogen) atoms. The van der Waals surface area contributed by atoms with E-state index in [0.29, 0.717) is 37.8 Å². The van der Waals surface area contributed by atoms with Crippen molar-refractivity contribution in [3.8, 4) is 11.1 Å². The van der Waals surface area contributed by atoms with E-state index in [4.69, 9.17) is 0 Å². The van der Waals surface area contributed by atoms with Gasteiger partial charge in [0.15, 0.2) is 0 Å². The molecule has 0 spiro atoms. The van der Waals surface area contributed by atoms with Crippen LogP contribution in [0.4, 0.5) is 27.8 Å². The number of anilines is 1. The van der Waals surface area contributed by atoms with Gasteiger partial charge in [-0.1, -0.05) is 0 Å². The van der Waals surface area contributed by atoms with Crippen molar-refractivity contribution in [2.45, 2.75) is 35.8 Å². The highest BCUT2D eigenvalue weighted by atomic mass is 32.2. The summed E-state index contributed by atoms with van der Waals surface area (Å²) in [5.41, 5.74) is -2.09. The summed E-state index contributed by atoms with van der Waals surface area (Å²) in [6, 6.07) is 3.37. The second kappa shape index (κ2) is 9.31. The molecule has 3 aromatic rings. The summed E-state index contributed by atoms with van der Waals surface area (Å²) >= 11 is 1.16. The maximum Gasteiger partial charge on any atom is 0.417 e. The zero-order valence-corrected chi connectivity index (χ0v) is 20.4. The van der Waals surface area contributed by atoms with Gasteiger partial charge in [0.05, 0.1) is 11.1 Å². The molecule has 0 radical (unpaired) electrons. The van der Waals surface area contributed by atoms with Crippen molar-refractivity contribution in [3.63, 3.8) is 0 Å². The minimum absolute atomic E-state index is 0.107. The molecule has 5 rings (SSSR count). The molecule has 1 saturated heterocycles. The Hall–Kier alpha value is -2.70. The van der Waals surface area contributed by atoms with E-state index in [9.17, 15) is 26.7 Å². The van der Waals surface area contributed by atoms with Crippen molar-refractivity contribution in [1.82, 2.24) is 20.2 Å². The molecule has 3 heterocycles. The topological polar surface area (TPSA) is 62.2 Å². The van der Waals surface area contributed by atoms with Crippen molar-refractivity contribution in [2.24, 2.45) is 0 Å². The van der Waals surface area contributed by atoms with E-state index in [0.717, 1.165) is 30.0 Å². The fourth-order valence-corrected chi connectivity index (χ4v) is 6.45. The van der Waals surface area contributed by atoms with Gasteiger partial charge in [-0.2, -0.15) is 18.2 Å². The maximum atomic E-state index is 15.0. The van der Waals surface area contributed by atoms with Crippen LogP contribution < -0.4 is 21.2 Å². The van der Waals surface area contributed by atoms with Gasteiger partial charge in [0.1, 0.15) is 17.5 Å². The van der Waals surface area contributed by atoms with Gasteiger partial charge in [-0.15, -0.1) is 11.8 Å².